The fourth-order valence-corrected chi connectivity index (χ4v) is 1.74. The molecule has 0 amide bonds. The fraction of sp³-hybridized carbons (Fsp3) is 0.455. The number of nitrogens with two attached hydrogens (primary N) is 1. The van der Waals surface area contributed by atoms with Crippen LogP contribution < -0.4 is 5.73 Å². The lowest BCUT2D eigenvalue weighted by Gasteiger charge is -2.18. The quantitative estimate of drug-likeness (QED) is 0.865. The molecule has 0 aliphatic rings. The second kappa shape index (κ2) is 4.77. The summed E-state index contributed by atoms with van der Waals surface area (Å²) in [5.41, 5.74) is 6.99. The highest BCUT2D eigenvalue weighted by Gasteiger charge is 2.12. The van der Waals surface area contributed by atoms with Gasteiger partial charge >= 0.3 is 0 Å². The average Bonchev–Trinajstić information content (AvgIpc) is 2.15. The largest absolute Gasteiger partial charge is 0.330 e. The molecule has 2 N–H and O–H groups in total. The van der Waals surface area contributed by atoms with E-state index in [2.05, 4.69) is 48.0 Å². The molecule has 0 spiro atoms. The van der Waals surface area contributed by atoms with Gasteiger partial charge in [0.05, 0.1) is 0 Å². The Kier molecular flexibility index (Phi) is 3.94. The Morgan fingerprint density at radius 3 is 2.62 bits per heavy atom. The van der Waals surface area contributed by atoms with Crippen LogP contribution in [0.5, 0.6) is 0 Å². The topological polar surface area (TPSA) is 26.0 Å². The van der Waals surface area contributed by atoms with E-state index in [4.69, 9.17) is 5.73 Å². The van der Waals surface area contributed by atoms with Gasteiger partial charge in [-0.2, -0.15) is 0 Å². The van der Waals surface area contributed by atoms with E-state index in [0.29, 0.717) is 11.8 Å². The highest BCUT2D eigenvalue weighted by molar-refractivity contribution is 9.10. The maximum atomic E-state index is 5.64. The van der Waals surface area contributed by atoms with Crippen LogP contribution in [0.25, 0.3) is 0 Å². The summed E-state index contributed by atoms with van der Waals surface area (Å²) in [5, 5.41) is 0. The Hall–Kier alpha value is -0.340. The van der Waals surface area contributed by atoms with Crippen molar-refractivity contribution in [2.45, 2.75) is 19.8 Å². The van der Waals surface area contributed by atoms with E-state index >= 15 is 0 Å². The maximum absolute atomic E-state index is 5.64. The standard InChI is InChI=1S/C11H16BrN/c1-8(7-13)9(2)10-4-3-5-11(12)6-10/h3-6,8-9H,7,13H2,1-2H3. The van der Waals surface area contributed by atoms with Crippen molar-refractivity contribution in [1.82, 2.24) is 0 Å². The van der Waals surface area contributed by atoms with E-state index in [1.807, 2.05) is 6.07 Å². The zero-order valence-corrected chi connectivity index (χ0v) is 9.71. The number of halogens is 1. The predicted molar refractivity (Wildman–Crippen MR) is 60.8 cm³/mol. The van der Waals surface area contributed by atoms with Crippen LogP contribution in [0.4, 0.5) is 0 Å². The maximum Gasteiger partial charge on any atom is 0.0178 e. The predicted octanol–water partition coefficient (Wildman–Crippen LogP) is 3.15. The summed E-state index contributed by atoms with van der Waals surface area (Å²) in [6.07, 6.45) is 0. The van der Waals surface area contributed by atoms with Crippen molar-refractivity contribution < 1.29 is 0 Å². The Labute approximate surface area is 88.5 Å². The van der Waals surface area contributed by atoms with Crippen LogP contribution in [-0.4, -0.2) is 6.54 Å². The molecule has 0 saturated heterocycles. The molecule has 1 aromatic rings. The molecule has 13 heavy (non-hydrogen) atoms. The van der Waals surface area contributed by atoms with Gasteiger partial charge in [-0.25, -0.2) is 0 Å². The van der Waals surface area contributed by atoms with Crippen molar-refractivity contribution in [2.24, 2.45) is 11.7 Å². The second-order valence-electron chi connectivity index (χ2n) is 3.56. The second-order valence-corrected chi connectivity index (χ2v) is 4.47. The van der Waals surface area contributed by atoms with E-state index in [0.717, 1.165) is 11.0 Å². The molecule has 2 atom stereocenters. The third-order valence-electron chi connectivity index (χ3n) is 2.60. The van der Waals surface area contributed by atoms with Crippen molar-refractivity contribution in [3.63, 3.8) is 0 Å². The highest BCUT2D eigenvalue weighted by Crippen LogP contribution is 2.25. The van der Waals surface area contributed by atoms with E-state index in [1.165, 1.54) is 5.56 Å². The molecular weight excluding hydrogens is 226 g/mol. The number of hydrogen-bond donors (Lipinski definition) is 1. The van der Waals surface area contributed by atoms with Crippen LogP contribution in [0.15, 0.2) is 28.7 Å². The fourth-order valence-electron chi connectivity index (χ4n) is 1.32. The van der Waals surface area contributed by atoms with Crippen molar-refractivity contribution >= 4 is 15.9 Å². The van der Waals surface area contributed by atoms with Crippen LogP contribution >= 0.6 is 15.9 Å². The van der Waals surface area contributed by atoms with Gasteiger partial charge in [0.25, 0.3) is 0 Å². The Bertz CT molecular complexity index is 273. The molecule has 2 unspecified atom stereocenters. The first-order valence-corrected chi connectivity index (χ1v) is 5.40. The van der Waals surface area contributed by atoms with E-state index in [9.17, 15) is 0 Å². The third-order valence-corrected chi connectivity index (χ3v) is 3.09. The van der Waals surface area contributed by atoms with Crippen molar-refractivity contribution in [3.8, 4) is 0 Å². The van der Waals surface area contributed by atoms with Crippen molar-refractivity contribution in [1.29, 1.82) is 0 Å². The summed E-state index contributed by atoms with van der Waals surface area (Å²) in [7, 11) is 0. The molecule has 1 aromatic carbocycles. The lowest BCUT2D eigenvalue weighted by Crippen LogP contribution is -2.16. The van der Waals surface area contributed by atoms with Crippen LogP contribution in [0.3, 0.4) is 0 Å². The van der Waals surface area contributed by atoms with E-state index in [-0.39, 0.29) is 0 Å². The zero-order chi connectivity index (χ0) is 9.84. The summed E-state index contributed by atoms with van der Waals surface area (Å²) in [6.45, 7) is 5.15. The molecule has 0 saturated carbocycles. The van der Waals surface area contributed by atoms with Gasteiger partial charge in [-0.3, -0.25) is 0 Å². The van der Waals surface area contributed by atoms with E-state index < -0.39 is 0 Å². The van der Waals surface area contributed by atoms with Gasteiger partial charge in [0.15, 0.2) is 0 Å². The number of hydrogen-bond acceptors (Lipinski definition) is 1. The van der Waals surface area contributed by atoms with Gasteiger partial charge in [-0.05, 0) is 36.1 Å². The van der Waals surface area contributed by atoms with Gasteiger partial charge in [0.1, 0.15) is 0 Å². The summed E-state index contributed by atoms with van der Waals surface area (Å²) >= 11 is 3.47. The summed E-state index contributed by atoms with van der Waals surface area (Å²) in [4.78, 5) is 0. The SMILES string of the molecule is CC(CN)C(C)c1cccc(Br)c1. The molecule has 0 heterocycles. The van der Waals surface area contributed by atoms with Gasteiger partial charge in [-0.1, -0.05) is 41.9 Å². The normalized spacial score (nSPS) is 15.4. The lowest BCUT2D eigenvalue weighted by molar-refractivity contribution is 0.499. The summed E-state index contributed by atoms with van der Waals surface area (Å²) in [6, 6.07) is 8.43. The van der Waals surface area contributed by atoms with Gasteiger partial charge in [-0.15, -0.1) is 0 Å². The Morgan fingerprint density at radius 1 is 1.38 bits per heavy atom. The molecule has 0 radical (unpaired) electrons. The first-order valence-electron chi connectivity index (χ1n) is 4.60. The van der Waals surface area contributed by atoms with Crippen molar-refractivity contribution in [3.05, 3.63) is 34.3 Å². The molecule has 0 bridgehead atoms. The monoisotopic (exact) mass is 241 g/mol. The minimum Gasteiger partial charge on any atom is -0.330 e. The molecule has 0 aliphatic carbocycles. The van der Waals surface area contributed by atoms with Gasteiger partial charge in [0, 0.05) is 4.47 Å². The first kappa shape index (κ1) is 10.7. The molecule has 1 rings (SSSR count). The minimum atomic E-state index is 0.530. The molecule has 1 nitrogen and oxygen atoms in total. The lowest BCUT2D eigenvalue weighted by atomic mass is 9.89. The Balaban J connectivity index is 2.82. The highest BCUT2D eigenvalue weighted by atomic mass is 79.9. The zero-order valence-electron chi connectivity index (χ0n) is 8.13. The third kappa shape index (κ3) is 2.82. The van der Waals surface area contributed by atoms with Crippen LogP contribution in [-0.2, 0) is 0 Å². The number of benzene rings is 1. The van der Waals surface area contributed by atoms with E-state index in [1.54, 1.807) is 0 Å². The molecule has 72 valence electrons. The molecule has 2 heteroatoms. The Morgan fingerprint density at radius 2 is 2.08 bits per heavy atom. The van der Waals surface area contributed by atoms with Crippen molar-refractivity contribution in [2.75, 3.05) is 6.54 Å². The minimum absolute atomic E-state index is 0.530. The smallest absolute Gasteiger partial charge is 0.0178 e. The van der Waals surface area contributed by atoms with Gasteiger partial charge in [0.2, 0.25) is 0 Å². The molecule has 0 aliphatic heterocycles. The molecular formula is C11H16BrN. The molecule has 0 aromatic heterocycles. The van der Waals surface area contributed by atoms with Crippen LogP contribution in [0.1, 0.15) is 25.3 Å². The summed E-state index contributed by atoms with van der Waals surface area (Å²) in [5.74, 6) is 1.07. The van der Waals surface area contributed by atoms with Crippen LogP contribution in [0, 0.1) is 5.92 Å². The van der Waals surface area contributed by atoms with Crippen LogP contribution in [0.2, 0.25) is 0 Å². The van der Waals surface area contributed by atoms with Gasteiger partial charge < -0.3 is 5.73 Å². The first-order chi connectivity index (χ1) is 6.15. The number of rotatable bonds is 3. The molecule has 0 fully saturated rings. The average molecular weight is 242 g/mol. The summed E-state index contributed by atoms with van der Waals surface area (Å²) < 4.78 is 1.14.